The van der Waals surface area contributed by atoms with E-state index in [9.17, 15) is 4.39 Å². The SMILES string of the molecule is CCN(CC(C)(N)CC)c1ccccc1F. The number of para-hydroxylation sites is 1. The van der Waals surface area contributed by atoms with Crippen molar-refractivity contribution in [2.24, 2.45) is 5.73 Å². The molecule has 1 rings (SSSR count). The van der Waals surface area contributed by atoms with E-state index < -0.39 is 0 Å². The molecule has 1 unspecified atom stereocenters. The van der Waals surface area contributed by atoms with Crippen LogP contribution in [0.5, 0.6) is 0 Å². The predicted molar refractivity (Wildman–Crippen MR) is 67.2 cm³/mol. The summed E-state index contributed by atoms with van der Waals surface area (Å²) in [5, 5.41) is 0. The second kappa shape index (κ2) is 5.30. The molecule has 1 aromatic carbocycles. The maximum absolute atomic E-state index is 13.6. The topological polar surface area (TPSA) is 29.3 Å². The van der Waals surface area contributed by atoms with E-state index in [1.54, 1.807) is 12.1 Å². The van der Waals surface area contributed by atoms with Crippen molar-refractivity contribution >= 4 is 5.69 Å². The lowest BCUT2D eigenvalue weighted by atomic mass is 9.99. The van der Waals surface area contributed by atoms with Crippen LogP contribution in [0.25, 0.3) is 0 Å². The third kappa shape index (κ3) is 3.20. The quantitative estimate of drug-likeness (QED) is 0.833. The van der Waals surface area contributed by atoms with Crippen molar-refractivity contribution in [2.75, 3.05) is 18.0 Å². The highest BCUT2D eigenvalue weighted by atomic mass is 19.1. The molecule has 0 spiro atoms. The molecule has 0 bridgehead atoms. The molecule has 0 aliphatic heterocycles. The molecule has 0 saturated carbocycles. The Bertz CT molecular complexity index is 336. The molecule has 1 aromatic rings. The predicted octanol–water partition coefficient (Wildman–Crippen LogP) is 2.78. The van der Waals surface area contributed by atoms with E-state index in [4.69, 9.17) is 5.73 Å². The van der Waals surface area contributed by atoms with Crippen molar-refractivity contribution in [1.82, 2.24) is 0 Å². The molecule has 2 N–H and O–H groups in total. The van der Waals surface area contributed by atoms with Crippen LogP contribution in [0.4, 0.5) is 10.1 Å². The molecule has 0 aromatic heterocycles. The van der Waals surface area contributed by atoms with Crippen LogP contribution in [0.15, 0.2) is 24.3 Å². The molecule has 0 radical (unpaired) electrons. The number of nitrogens with two attached hydrogens (primary N) is 1. The minimum atomic E-state index is -0.279. The maximum Gasteiger partial charge on any atom is 0.146 e. The highest BCUT2D eigenvalue weighted by molar-refractivity contribution is 5.47. The zero-order valence-electron chi connectivity index (χ0n) is 10.3. The standard InChI is InChI=1S/C13H21FN2/c1-4-13(3,15)10-16(5-2)12-9-7-6-8-11(12)14/h6-9H,4-5,10,15H2,1-3H3. The summed E-state index contributed by atoms with van der Waals surface area (Å²) in [4.78, 5) is 1.98. The van der Waals surface area contributed by atoms with Gasteiger partial charge in [0.15, 0.2) is 0 Å². The summed E-state index contributed by atoms with van der Waals surface area (Å²) in [5.74, 6) is -0.184. The van der Waals surface area contributed by atoms with Crippen LogP contribution >= 0.6 is 0 Å². The van der Waals surface area contributed by atoms with E-state index in [2.05, 4.69) is 6.92 Å². The first-order valence-corrected chi connectivity index (χ1v) is 5.78. The highest BCUT2D eigenvalue weighted by Crippen LogP contribution is 2.20. The van der Waals surface area contributed by atoms with Gasteiger partial charge in [0.2, 0.25) is 0 Å². The molecule has 1 atom stereocenters. The van der Waals surface area contributed by atoms with Crippen molar-refractivity contribution in [3.8, 4) is 0 Å². The zero-order chi connectivity index (χ0) is 12.2. The largest absolute Gasteiger partial charge is 0.368 e. The molecule has 90 valence electrons. The Morgan fingerprint density at radius 2 is 1.94 bits per heavy atom. The van der Waals surface area contributed by atoms with Gasteiger partial charge in [-0.15, -0.1) is 0 Å². The van der Waals surface area contributed by atoms with Gasteiger partial charge in [0, 0.05) is 18.6 Å². The van der Waals surface area contributed by atoms with Crippen LogP contribution in [0.3, 0.4) is 0 Å². The van der Waals surface area contributed by atoms with Gasteiger partial charge in [0.25, 0.3) is 0 Å². The summed E-state index contributed by atoms with van der Waals surface area (Å²) in [6, 6.07) is 6.83. The number of hydrogen-bond donors (Lipinski definition) is 1. The van der Waals surface area contributed by atoms with E-state index >= 15 is 0 Å². The summed E-state index contributed by atoms with van der Waals surface area (Å²) in [7, 11) is 0. The Morgan fingerprint density at radius 3 is 2.44 bits per heavy atom. The Kier molecular flexibility index (Phi) is 4.30. The number of rotatable bonds is 5. The van der Waals surface area contributed by atoms with Crippen LogP contribution in [0.1, 0.15) is 27.2 Å². The van der Waals surface area contributed by atoms with Crippen LogP contribution in [0, 0.1) is 5.82 Å². The van der Waals surface area contributed by atoms with Crippen LogP contribution in [-0.4, -0.2) is 18.6 Å². The normalized spacial score (nSPS) is 14.6. The van der Waals surface area contributed by atoms with E-state index in [0.717, 1.165) is 13.0 Å². The van der Waals surface area contributed by atoms with Crippen molar-refractivity contribution in [3.63, 3.8) is 0 Å². The second-order valence-electron chi connectivity index (χ2n) is 4.47. The first kappa shape index (κ1) is 13.0. The molecule has 0 aliphatic carbocycles. The Hall–Kier alpha value is -1.09. The lowest BCUT2D eigenvalue weighted by Gasteiger charge is -2.32. The molecular weight excluding hydrogens is 203 g/mol. The fourth-order valence-electron chi connectivity index (χ4n) is 1.62. The van der Waals surface area contributed by atoms with Gasteiger partial charge < -0.3 is 10.6 Å². The number of hydrogen-bond acceptors (Lipinski definition) is 2. The lowest BCUT2D eigenvalue weighted by Crippen LogP contribution is -2.47. The minimum Gasteiger partial charge on any atom is -0.368 e. The van der Waals surface area contributed by atoms with Gasteiger partial charge in [-0.05, 0) is 32.4 Å². The summed E-state index contributed by atoms with van der Waals surface area (Å²) in [6.07, 6.45) is 0.873. The van der Waals surface area contributed by atoms with E-state index in [1.807, 2.05) is 24.8 Å². The average Bonchev–Trinajstić information content (AvgIpc) is 2.27. The molecule has 0 heterocycles. The molecule has 3 heteroatoms. The van der Waals surface area contributed by atoms with E-state index in [0.29, 0.717) is 12.2 Å². The van der Waals surface area contributed by atoms with Gasteiger partial charge in [-0.25, -0.2) is 4.39 Å². The molecule has 0 saturated heterocycles. The van der Waals surface area contributed by atoms with Crippen LogP contribution in [0.2, 0.25) is 0 Å². The fourth-order valence-corrected chi connectivity index (χ4v) is 1.62. The van der Waals surface area contributed by atoms with Crippen molar-refractivity contribution < 1.29 is 4.39 Å². The Labute approximate surface area is 97.3 Å². The highest BCUT2D eigenvalue weighted by Gasteiger charge is 2.21. The molecule has 0 amide bonds. The molecule has 16 heavy (non-hydrogen) atoms. The smallest absolute Gasteiger partial charge is 0.146 e. The summed E-state index contributed by atoms with van der Waals surface area (Å²) in [5.41, 5.74) is 6.47. The summed E-state index contributed by atoms with van der Waals surface area (Å²) < 4.78 is 13.6. The van der Waals surface area contributed by atoms with Gasteiger partial charge in [-0.2, -0.15) is 0 Å². The van der Waals surface area contributed by atoms with E-state index in [-0.39, 0.29) is 11.4 Å². The van der Waals surface area contributed by atoms with Gasteiger partial charge >= 0.3 is 0 Å². The van der Waals surface area contributed by atoms with Crippen LogP contribution < -0.4 is 10.6 Å². The third-order valence-electron chi connectivity index (χ3n) is 2.93. The first-order chi connectivity index (χ1) is 7.50. The van der Waals surface area contributed by atoms with Crippen molar-refractivity contribution in [2.45, 2.75) is 32.7 Å². The van der Waals surface area contributed by atoms with Gasteiger partial charge in [0.05, 0.1) is 5.69 Å². The first-order valence-electron chi connectivity index (χ1n) is 5.78. The average molecular weight is 224 g/mol. The fraction of sp³-hybridized carbons (Fsp3) is 0.538. The monoisotopic (exact) mass is 224 g/mol. The Balaban J connectivity index is 2.87. The minimum absolute atomic E-state index is 0.184. The number of halogens is 1. The zero-order valence-corrected chi connectivity index (χ0v) is 10.3. The molecule has 0 fully saturated rings. The number of nitrogens with zero attached hydrogens (tertiary/aromatic N) is 1. The third-order valence-corrected chi connectivity index (χ3v) is 2.93. The lowest BCUT2D eigenvalue weighted by molar-refractivity contribution is 0.445. The Morgan fingerprint density at radius 1 is 1.31 bits per heavy atom. The summed E-state index contributed by atoms with van der Waals surface area (Å²) in [6.45, 7) is 7.48. The van der Waals surface area contributed by atoms with Crippen molar-refractivity contribution in [1.29, 1.82) is 0 Å². The van der Waals surface area contributed by atoms with Crippen molar-refractivity contribution in [3.05, 3.63) is 30.1 Å². The summed E-state index contributed by atoms with van der Waals surface area (Å²) >= 11 is 0. The number of likely N-dealkylation sites (N-methyl/N-ethyl adjacent to an activating group) is 1. The molecule has 2 nitrogen and oxygen atoms in total. The number of anilines is 1. The maximum atomic E-state index is 13.6. The van der Waals surface area contributed by atoms with Gasteiger partial charge in [-0.3, -0.25) is 0 Å². The van der Waals surface area contributed by atoms with Gasteiger partial charge in [0.1, 0.15) is 5.82 Å². The second-order valence-corrected chi connectivity index (χ2v) is 4.47. The molecule has 0 aliphatic rings. The number of benzene rings is 1. The van der Waals surface area contributed by atoms with Gasteiger partial charge in [-0.1, -0.05) is 19.1 Å². The van der Waals surface area contributed by atoms with E-state index in [1.165, 1.54) is 6.07 Å². The molecular formula is C13H21FN2. The van der Waals surface area contributed by atoms with Crippen LogP contribution in [-0.2, 0) is 0 Å².